The molecule has 2 aromatic carbocycles. The van der Waals surface area contributed by atoms with Gasteiger partial charge in [-0.2, -0.15) is 0 Å². The van der Waals surface area contributed by atoms with Gasteiger partial charge in [-0.05, 0) is 111 Å². The van der Waals surface area contributed by atoms with Gasteiger partial charge in [-0.1, -0.05) is 11.3 Å². The van der Waals surface area contributed by atoms with Gasteiger partial charge in [-0.3, -0.25) is 9.20 Å². The minimum Gasteiger partial charge on any atom is -0.349 e. The van der Waals surface area contributed by atoms with Gasteiger partial charge >= 0.3 is 0 Å². The molecule has 4 fully saturated rings. The Hall–Kier alpha value is -2.73. The second kappa shape index (κ2) is 7.38. The van der Waals surface area contributed by atoms with E-state index >= 15 is 0 Å². The van der Waals surface area contributed by atoms with E-state index in [0.717, 1.165) is 44.2 Å². The molecule has 6 heteroatoms. The van der Waals surface area contributed by atoms with Gasteiger partial charge < -0.3 is 5.32 Å². The van der Waals surface area contributed by atoms with Crippen molar-refractivity contribution in [1.29, 1.82) is 0 Å². The number of fused-ring (bicyclic) bond motifs is 3. The lowest BCUT2D eigenvalue weighted by Crippen LogP contribution is -2.55. The maximum Gasteiger partial charge on any atom is 0.251 e. The van der Waals surface area contributed by atoms with Crippen LogP contribution in [0.25, 0.3) is 26.4 Å². The molecule has 0 saturated heterocycles. The monoisotopic (exact) mass is 473 g/mol. The van der Waals surface area contributed by atoms with Crippen molar-refractivity contribution in [2.24, 2.45) is 23.2 Å². The first-order valence-corrected chi connectivity index (χ1v) is 13.3. The van der Waals surface area contributed by atoms with Gasteiger partial charge in [0, 0.05) is 23.4 Å². The van der Waals surface area contributed by atoms with Crippen LogP contribution in [-0.4, -0.2) is 21.3 Å². The highest BCUT2D eigenvalue weighted by Gasteiger charge is 2.53. The van der Waals surface area contributed by atoms with Crippen molar-refractivity contribution >= 4 is 32.4 Å². The van der Waals surface area contributed by atoms with Crippen molar-refractivity contribution < 1.29 is 9.18 Å². The van der Waals surface area contributed by atoms with Crippen LogP contribution in [0.4, 0.5) is 4.39 Å². The van der Waals surface area contributed by atoms with Crippen LogP contribution in [0.3, 0.4) is 0 Å². The molecular weight excluding hydrogens is 445 g/mol. The van der Waals surface area contributed by atoms with Gasteiger partial charge in [0.05, 0.1) is 15.9 Å². The van der Waals surface area contributed by atoms with Crippen LogP contribution in [0, 0.1) is 29.0 Å². The van der Waals surface area contributed by atoms with Gasteiger partial charge in [0.25, 0.3) is 5.91 Å². The number of thiazole rings is 1. The van der Waals surface area contributed by atoms with E-state index in [1.54, 1.807) is 23.5 Å². The number of carbonyl (C=O) groups is 1. The highest BCUT2D eigenvalue weighted by Crippen LogP contribution is 2.61. The molecule has 2 aromatic heterocycles. The van der Waals surface area contributed by atoms with Crippen molar-refractivity contribution in [2.75, 3.05) is 0 Å². The lowest BCUT2D eigenvalue weighted by molar-refractivity contribution is -0.0688. The number of hydrogen-bond acceptors (Lipinski definition) is 3. The number of carbonyl (C=O) groups excluding carboxylic acids is 1. The minimum absolute atomic E-state index is 0.0307. The molecule has 4 aromatic rings. The Balaban J connectivity index is 1.14. The number of benzene rings is 2. The molecule has 2 heterocycles. The van der Waals surface area contributed by atoms with Crippen molar-refractivity contribution in [3.05, 3.63) is 60.0 Å². The summed E-state index contributed by atoms with van der Waals surface area (Å²) in [5.41, 5.74) is 3.76. The summed E-state index contributed by atoms with van der Waals surface area (Å²) >= 11 is 1.58. The van der Waals surface area contributed by atoms with Gasteiger partial charge in [0.2, 0.25) is 0 Å². The molecule has 0 aliphatic heterocycles. The van der Waals surface area contributed by atoms with Gasteiger partial charge in [-0.15, -0.1) is 0 Å². The first kappa shape index (κ1) is 20.6. The number of imidazole rings is 1. The Morgan fingerprint density at radius 1 is 1.09 bits per heavy atom. The molecule has 0 radical (unpaired) electrons. The second-order valence-electron chi connectivity index (χ2n) is 11.0. The molecule has 4 bridgehead atoms. The number of rotatable bonds is 4. The molecule has 0 unspecified atom stereocenters. The standard InChI is InChI=1S/C28H28FN3OS/c1-16(28-12-17-8-18(13-28)10-19(9-17)14-28)30-26(33)21-4-7-24-25(11-21)34-27-31-23(15-32(24)27)20-2-5-22(29)6-3-20/h2-7,11,15-19H,8-10,12-14H2,1H3,(H,30,33)/t16-,17?,18?,19?,28?/m0/s1. The third-order valence-corrected chi connectivity index (χ3v) is 9.87. The van der Waals surface area contributed by atoms with E-state index < -0.39 is 0 Å². The first-order valence-electron chi connectivity index (χ1n) is 12.4. The van der Waals surface area contributed by atoms with E-state index in [0.29, 0.717) is 11.0 Å². The molecule has 4 saturated carbocycles. The summed E-state index contributed by atoms with van der Waals surface area (Å²) in [6, 6.07) is 12.5. The van der Waals surface area contributed by atoms with Gasteiger partial charge in [0.1, 0.15) is 5.82 Å². The molecule has 1 N–H and O–H groups in total. The number of halogens is 1. The van der Waals surface area contributed by atoms with Gasteiger partial charge in [-0.25, -0.2) is 9.37 Å². The molecule has 4 aliphatic carbocycles. The first-order chi connectivity index (χ1) is 16.5. The highest BCUT2D eigenvalue weighted by molar-refractivity contribution is 7.23. The Labute approximate surface area is 202 Å². The normalized spacial score (nSPS) is 28.6. The zero-order valence-corrected chi connectivity index (χ0v) is 20.1. The fourth-order valence-corrected chi connectivity index (χ4v) is 8.59. The molecular formula is C28H28FN3OS. The van der Waals surface area contributed by atoms with Crippen LogP contribution in [-0.2, 0) is 0 Å². The van der Waals surface area contributed by atoms with E-state index in [9.17, 15) is 9.18 Å². The molecule has 174 valence electrons. The number of aromatic nitrogens is 2. The fraction of sp³-hybridized carbons (Fsp3) is 0.429. The van der Waals surface area contributed by atoms with Crippen molar-refractivity contribution in [2.45, 2.75) is 51.5 Å². The quantitative estimate of drug-likeness (QED) is 0.359. The van der Waals surface area contributed by atoms with Crippen molar-refractivity contribution in [1.82, 2.24) is 14.7 Å². The Bertz CT molecular complexity index is 1380. The largest absolute Gasteiger partial charge is 0.349 e. The van der Waals surface area contributed by atoms with E-state index in [1.807, 2.05) is 24.4 Å². The summed E-state index contributed by atoms with van der Waals surface area (Å²) < 4.78 is 16.4. The van der Waals surface area contributed by atoms with E-state index in [1.165, 1.54) is 50.7 Å². The Morgan fingerprint density at radius 2 is 1.76 bits per heavy atom. The Kier molecular flexibility index (Phi) is 4.48. The topological polar surface area (TPSA) is 46.4 Å². The van der Waals surface area contributed by atoms with E-state index in [-0.39, 0.29) is 17.8 Å². The zero-order chi connectivity index (χ0) is 23.0. The van der Waals surface area contributed by atoms with Crippen LogP contribution < -0.4 is 5.32 Å². The van der Waals surface area contributed by atoms with Gasteiger partial charge in [0.15, 0.2) is 4.96 Å². The number of nitrogens with zero attached hydrogens (tertiary/aromatic N) is 2. The number of nitrogens with one attached hydrogen (secondary N) is 1. The summed E-state index contributed by atoms with van der Waals surface area (Å²) in [6.07, 6.45) is 10.1. The van der Waals surface area contributed by atoms with Crippen LogP contribution in [0.5, 0.6) is 0 Å². The maximum absolute atomic E-state index is 13.3. The fourth-order valence-electron chi connectivity index (χ4n) is 7.54. The SMILES string of the molecule is C[C@H](NC(=O)c1ccc2c(c1)sc1nc(-c3ccc(F)cc3)cn12)C12CC3CC(CC(C3)C1)C2. The van der Waals surface area contributed by atoms with E-state index in [2.05, 4.69) is 16.6 Å². The zero-order valence-electron chi connectivity index (χ0n) is 19.3. The summed E-state index contributed by atoms with van der Waals surface area (Å²) in [6.45, 7) is 2.24. The smallest absolute Gasteiger partial charge is 0.251 e. The summed E-state index contributed by atoms with van der Waals surface area (Å²) in [7, 11) is 0. The average Bonchev–Trinajstić information content (AvgIpc) is 3.36. The number of hydrogen-bond donors (Lipinski definition) is 1. The van der Waals surface area contributed by atoms with Crippen LogP contribution >= 0.6 is 11.3 Å². The third-order valence-electron chi connectivity index (χ3n) is 8.85. The summed E-state index contributed by atoms with van der Waals surface area (Å²) in [5.74, 6) is 2.42. The average molecular weight is 474 g/mol. The molecule has 4 nitrogen and oxygen atoms in total. The molecule has 0 spiro atoms. The summed E-state index contributed by atoms with van der Waals surface area (Å²) in [4.78, 5) is 18.9. The van der Waals surface area contributed by atoms with Crippen LogP contribution in [0.1, 0.15) is 55.8 Å². The molecule has 1 amide bonds. The predicted octanol–water partition coefficient (Wildman–Crippen LogP) is 6.69. The van der Waals surface area contributed by atoms with E-state index in [4.69, 9.17) is 4.98 Å². The molecule has 1 atom stereocenters. The lowest BCUT2D eigenvalue weighted by atomic mass is 9.48. The maximum atomic E-state index is 13.3. The predicted molar refractivity (Wildman–Crippen MR) is 134 cm³/mol. The number of amides is 1. The van der Waals surface area contributed by atoms with Crippen LogP contribution in [0.2, 0.25) is 0 Å². The molecule has 4 aliphatic rings. The Morgan fingerprint density at radius 3 is 2.44 bits per heavy atom. The summed E-state index contributed by atoms with van der Waals surface area (Å²) in [5, 5.41) is 3.39. The van der Waals surface area contributed by atoms with Crippen LogP contribution in [0.15, 0.2) is 48.7 Å². The molecule has 8 rings (SSSR count). The lowest BCUT2D eigenvalue weighted by Gasteiger charge is -2.59. The third kappa shape index (κ3) is 3.22. The molecule has 34 heavy (non-hydrogen) atoms. The minimum atomic E-state index is -0.251. The highest BCUT2D eigenvalue weighted by atomic mass is 32.1. The van der Waals surface area contributed by atoms with Crippen molar-refractivity contribution in [3.63, 3.8) is 0 Å². The second-order valence-corrected chi connectivity index (χ2v) is 12.1. The van der Waals surface area contributed by atoms with Crippen molar-refractivity contribution in [3.8, 4) is 11.3 Å².